The molecule has 2 nitrogen and oxygen atoms in total. The molecule has 2 rings (SSSR count). The van der Waals surface area contributed by atoms with Crippen LogP contribution >= 0.6 is 11.8 Å². The third-order valence-electron chi connectivity index (χ3n) is 2.11. The number of hydrogen-bond acceptors (Lipinski definition) is 3. The monoisotopic (exact) mass is 214 g/mol. The second-order valence-electron chi connectivity index (χ2n) is 3.07. The zero-order chi connectivity index (χ0) is 10.7. The van der Waals surface area contributed by atoms with Gasteiger partial charge in [0.15, 0.2) is 0 Å². The van der Waals surface area contributed by atoms with Crippen LogP contribution in [0, 0.1) is 11.3 Å². The molecule has 0 saturated heterocycles. The third kappa shape index (κ3) is 1.95. The topological polar surface area (TPSA) is 36.7 Å². The van der Waals surface area contributed by atoms with Crippen LogP contribution in [-0.4, -0.2) is 10.7 Å². The summed E-state index contributed by atoms with van der Waals surface area (Å²) in [6.07, 6.45) is 0. The summed E-state index contributed by atoms with van der Waals surface area (Å²) < 4.78 is 0. The highest BCUT2D eigenvalue weighted by Crippen LogP contribution is 2.23. The first-order chi connectivity index (χ1) is 7.35. The molecule has 0 saturated carbocycles. The lowest BCUT2D eigenvalue weighted by Crippen LogP contribution is -1.87. The van der Waals surface area contributed by atoms with Crippen molar-refractivity contribution in [1.82, 2.24) is 4.98 Å². The maximum absolute atomic E-state index is 9.04. The quantitative estimate of drug-likeness (QED) is 0.720. The van der Waals surface area contributed by atoms with E-state index in [1.54, 1.807) is 11.8 Å². The highest BCUT2D eigenvalue weighted by atomic mass is 32.2. The maximum atomic E-state index is 9.04. The van der Waals surface area contributed by atoms with Crippen molar-refractivity contribution in [3.63, 3.8) is 0 Å². The number of thioether (sulfide) groups is 1. The van der Waals surface area contributed by atoms with Crippen LogP contribution in [0.25, 0.3) is 10.9 Å². The lowest BCUT2D eigenvalue weighted by atomic mass is 10.1. The lowest BCUT2D eigenvalue weighted by molar-refractivity contribution is 1.18. The van der Waals surface area contributed by atoms with Gasteiger partial charge in [-0.05, 0) is 17.9 Å². The Hall–Kier alpha value is -1.53. The van der Waals surface area contributed by atoms with Crippen LogP contribution in [0.3, 0.4) is 0 Å². The highest BCUT2D eigenvalue weighted by molar-refractivity contribution is 7.99. The molecule has 74 valence electrons. The van der Waals surface area contributed by atoms with E-state index in [9.17, 15) is 0 Å². The molecule has 0 fully saturated rings. The standard InChI is InChI=1S/C12H10N2S/c1-2-15-12-7-9(8-13)10-5-3-4-6-11(10)14-12/h3-7H,2H2,1H3. The van der Waals surface area contributed by atoms with Crippen molar-refractivity contribution in [3.05, 3.63) is 35.9 Å². The normalized spacial score (nSPS) is 10.1. The second-order valence-corrected chi connectivity index (χ2v) is 4.35. The molecular weight excluding hydrogens is 204 g/mol. The average Bonchev–Trinajstić information content (AvgIpc) is 2.28. The minimum atomic E-state index is 0.705. The third-order valence-corrected chi connectivity index (χ3v) is 2.90. The summed E-state index contributed by atoms with van der Waals surface area (Å²) >= 11 is 1.66. The molecule has 0 spiro atoms. The van der Waals surface area contributed by atoms with Gasteiger partial charge in [-0.1, -0.05) is 25.1 Å². The number of nitriles is 1. The molecule has 1 aromatic carbocycles. The van der Waals surface area contributed by atoms with E-state index < -0.39 is 0 Å². The Morgan fingerprint density at radius 1 is 1.40 bits per heavy atom. The first kappa shape index (κ1) is 10.0. The Bertz CT molecular complexity index is 529. The SMILES string of the molecule is CCSc1cc(C#N)c2ccccc2n1. The fraction of sp³-hybridized carbons (Fsp3) is 0.167. The molecule has 0 bridgehead atoms. The van der Waals surface area contributed by atoms with Crippen LogP contribution in [0.1, 0.15) is 12.5 Å². The summed E-state index contributed by atoms with van der Waals surface area (Å²) in [7, 11) is 0. The summed E-state index contributed by atoms with van der Waals surface area (Å²) in [5.74, 6) is 0.968. The van der Waals surface area contributed by atoms with E-state index >= 15 is 0 Å². The number of rotatable bonds is 2. The molecule has 2 aromatic rings. The molecule has 0 atom stereocenters. The Balaban J connectivity index is 2.67. The molecule has 0 aliphatic rings. The summed E-state index contributed by atoms with van der Waals surface area (Å²) in [6.45, 7) is 2.08. The highest BCUT2D eigenvalue weighted by Gasteiger charge is 2.04. The van der Waals surface area contributed by atoms with Gasteiger partial charge < -0.3 is 0 Å². The predicted molar refractivity (Wildman–Crippen MR) is 62.9 cm³/mol. The molecule has 0 amide bonds. The van der Waals surface area contributed by atoms with Crippen LogP contribution < -0.4 is 0 Å². The molecule has 3 heteroatoms. The van der Waals surface area contributed by atoms with Gasteiger partial charge in [-0.25, -0.2) is 4.98 Å². The largest absolute Gasteiger partial charge is 0.241 e. The van der Waals surface area contributed by atoms with Crippen molar-refractivity contribution in [2.24, 2.45) is 0 Å². The zero-order valence-corrected chi connectivity index (χ0v) is 9.21. The molecule has 0 unspecified atom stereocenters. The van der Waals surface area contributed by atoms with Gasteiger partial charge in [-0.2, -0.15) is 5.26 Å². The van der Waals surface area contributed by atoms with Crippen molar-refractivity contribution in [3.8, 4) is 6.07 Å². The molecule has 0 N–H and O–H groups in total. The Morgan fingerprint density at radius 3 is 2.93 bits per heavy atom. The van der Waals surface area contributed by atoms with E-state index in [0.29, 0.717) is 5.56 Å². The van der Waals surface area contributed by atoms with Crippen LogP contribution in [-0.2, 0) is 0 Å². The molecule has 15 heavy (non-hydrogen) atoms. The van der Waals surface area contributed by atoms with Gasteiger partial charge in [0.2, 0.25) is 0 Å². The fourth-order valence-corrected chi connectivity index (χ4v) is 2.13. The molecule has 1 heterocycles. The van der Waals surface area contributed by atoms with Gasteiger partial charge >= 0.3 is 0 Å². The molecular formula is C12H10N2S. The number of nitrogens with zero attached hydrogens (tertiary/aromatic N) is 2. The maximum Gasteiger partial charge on any atom is 0.0999 e. The minimum Gasteiger partial charge on any atom is -0.241 e. The van der Waals surface area contributed by atoms with Crippen molar-refractivity contribution < 1.29 is 0 Å². The van der Waals surface area contributed by atoms with Crippen molar-refractivity contribution >= 4 is 22.7 Å². The van der Waals surface area contributed by atoms with E-state index in [1.807, 2.05) is 30.3 Å². The molecule has 0 aliphatic carbocycles. The van der Waals surface area contributed by atoms with Crippen LogP contribution in [0.4, 0.5) is 0 Å². The minimum absolute atomic E-state index is 0.705. The first-order valence-corrected chi connectivity index (χ1v) is 5.76. The Labute approximate surface area is 92.9 Å². The zero-order valence-electron chi connectivity index (χ0n) is 8.40. The van der Waals surface area contributed by atoms with E-state index in [-0.39, 0.29) is 0 Å². The molecule has 0 radical (unpaired) electrons. The van der Waals surface area contributed by atoms with E-state index in [1.165, 1.54) is 0 Å². The average molecular weight is 214 g/mol. The van der Waals surface area contributed by atoms with Crippen molar-refractivity contribution in [1.29, 1.82) is 5.26 Å². The van der Waals surface area contributed by atoms with Crippen molar-refractivity contribution in [2.45, 2.75) is 11.9 Å². The number of aromatic nitrogens is 1. The van der Waals surface area contributed by atoms with E-state index in [2.05, 4.69) is 18.0 Å². The number of fused-ring (bicyclic) bond motifs is 1. The Morgan fingerprint density at radius 2 is 2.20 bits per heavy atom. The van der Waals surface area contributed by atoms with Gasteiger partial charge in [-0.3, -0.25) is 0 Å². The van der Waals surface area contributed by atoms with Crippen LogP contribution in [0.2, 0.25) is 0 Å². The van der Waals surface area contributed by atoms with Crippen LogP contribution in [0.5, 0.6) is 0 Å². The molecule has 1 aromatic heterocycles. The molecule has 0 aliphatic heterocycles. The number of hydrogen-bond donors (Lipinski definition) is 0. The smallest absolute Gasteiger partial charge is 0.0999 e. The van der Waals surface area contributed by atoms with E-state index in [4.69, 9.17) is 5.26 Å². The predicted octanol–water partition coefficient (Wildman–Crippen LogP) is 3.22. The van der Waals surface area contributed by atoms with Crippen molar-refractivity contribution in [2.75, 3.05) is 5.75 Å². The number of benzene rings is 1. The van der Waals surface area contributed by atoms with Crippen LogP contribution in [0.15, 0.2) is 35.4 Å². The summed E-state index contributed by atoms with van der Waals surface area (Å²) in [6, 6.07) is 11.8. The van der Waals surface area contributed by atoms with Gasteiger partial charge in [-0.15, -0.1) is 11.8 Å². The fourth-order valence-electron chi connectivity index (χ4n) is 1.47. The Kier molecular flexibility index (Phi) is 2.89. The lowest BCUT2D eigenvalue weighted by Gasteiger charge is -2.02. The second kappa shape index (κ2) is 4.33. The summed E-state index contributed by atoms with van der Waals surface area (Å²) in [5, 5.41) is 10.9. The van der Waals surface area contributed by atoms with Gasteiger partial charge in [0.25, 0.3) is 0 Å². The number of pyridine rings is 1. The number of para-hydroxylation sites is 1. The van der Waals surface area contributed by atoms with Gasteiger partial charge in [0.1, 0.15) is 0 Å². The summed E-state index contributed by atoms with van der Waals surface area (Å²) in [5.41, 5.74) is 1.60. The first-order valence-electron chi connectivity index (χ1n) is 4.78. The van der Waals surface area contributed by atoms with Gasteiger partial charge in [0, 0.05) is 5.39 Å². The van der Waals surface area contributed by atoms with Gasteiger partial charge in [0.05, 0.1) is 22.2 Å². The summed E-state index contributed by atoms with van der Waals surface area (Å²) in [4.78, 5) is 4.49. The van der Waals surface area contributed by atoms with E-state index in [0.717, 1.165) is 21.7 Å².